The maximum Gasteiger partial charge on any atom is 0.510 e. The number of hydrogen-bond donors (Lipinski definition) is 2. The van der Waals surface area contributed by atoms with E-state index in [1.807, 2.05) is 0 Å². The van der Waals surface area contributed by atoms with Crippen LogP contribution in [0.15, 0.2) is 0 Å². The minimum absolute atomic E-state index is 0.0657. The minimum atomic E-state index is -2.24. The third kappa shape index (κ3) is 1.46. The molecule has 0 spiro atoms. The highest BCUT2D eigenvalue weighted by molar-refractivity contribution is 5.82. The van der Waals surface area contributed by atoms with Crippen LogP contribution in [-0.4, -0.2) is 36.4 Å². The van der Waals surface area contributed by atoms with Crippen molar-refractivity contribution in [3.8, 4) is 0 Å². The number of primary amides is 1. The summed E-state index contributed by atoms with van der Waals surface area (Å²) in [6.45, 7) is 0.131. The second kappa shape index (κ2) is 2.95. The maximum atomic E-state index is 10.6. The van der Waals surface area contributed by atoms with Crippen molar-refractivity contribution in [2.75, 3.05) is 13.2 Å². The van der Waals surface area contributed by atoms with Crippen LogP contribution in [0.4, 0.5) is 4.79 Å². The summed E-state index contributed by atoms with van der Waals surface area (Å²) in [7, 11) is 0. The highest BCUT2D eigenvalue weighted by Gasteiger charge is 2.48. The van der Waals surface area contributed by atoms with E-state index in [4.69, 9.17) is 10.8 Å². The summed E-state index contributed by atoms with van der Waals surface area (Å²) in [6.07, 6.45) is -1.68. The Labute approximate surface area is 67.0 Å². The molecule has 0 unspecified atom stereocenters. The molecule has 1 aliphatic rings. The summed E-state index contributed by atoms with van der Waals surface area (Å²) in [5.41, 5.74) is 4.80. The summed E-state index contributed by atoms with van der Waals surface area (Å²) in [5.74, 6) is -3.37. The van der Waals surface area contributed by atoms with Crippen molar-refractivity contribution in [3.05, 3.63) is 0 Å². The van der Waals surface area contributed by atoms with Gasteiger partial charge in [-0.2, -0.15) is 0 Å². The van der Waals surface area contributed by atoms with Gasteiger partial charge in [0.05, 0.1) is 13.2 Å². The SMILES string of the molecule is NC(=O)C1(OC(=O)O)OCCO1. The van der Waals surface area contributed by atoms with Crippen LogP contribution >= 0.6 is 0 Å². The molecule has 0 radical (unpaired) electrons. The van der Waals surface area contributed by atoms with Crippen LogP contribution in [0.25, 0.3) is 0 Å². The summed E-state index contributed by atoms with van der Waals surface area (Å²) >= 11 is 0. The van der Waals surface area contributed by atoms with Crippen LogP contribution in [0.2, 0.25) is 0 Å². The molecule has 0 aromatic carbocycles. The van der Waals surface area contributed by atoms with Crippen molar-refractivity contribution in [3.63, 3.8) is 0 Å². The summed E-state index contributed by atoms with van der Waals surface area (Å²) in [5, 5.41) is 8.20. The van der Waals surface area contributed by atoms with Gasteiger partial charge >= 0.3 is 18.0 Å². The predicted octanol–water partition coefficient (Wildman–Crippen LogP) is -1.13. The Balaban J connectivity index is 2.72. The highest BCUT2D eigenvalue weighted by Crippen LogP contribution is 2.20. The second-order valence-corrected chi connectivity index (χ2v) is 1.99. The molecule has 1 heterocycles. The summed E-state index contributed by atoms with van der Waals surface area (Å²) in [4.78, 5) is 20.7. The van der Waals surface area contributed by atoms with Crippen LogP contribution in [0.3, 0.4) is 0 Å². The molecule has 0 aromatic heterocycles. The first-order valence-electron chi connectivity index (χ1n) is 3.06. The molecule has 1 amide bonds. The van der Waals surface area contributed by atoms with Gasteiger partial charge in [0.2, 0.25) is 0 Å². The Kier molecular flexibility index (Phi) is 2.15. The molecular formula is C5H7NO6. The number of carbonyl (C=O) groups excluding carboxylic acids is 1. The lowest BCUT2D eigenvalue weighted by Gasteiger charge is -2.20. The molecule has 12 heavy (non-hydrogen) atoms. The van der Waals surface area contributed by atoms with Crippen molar-refractivity contribution in [2.45, 2.75) is 5.97 Å². The van der Waals surface area contributed by atoms with E-state index < -0.39 is 18.0 Å². The first-order valence-corrected chi connectivity index (χ1v) is 3.06. The van der Waals surface area contributed by atoms with E-state index in [0.717, 1.165) is 0 Å². The van der Waals surface area contributed by atoms with Gasteiger partial charge in [-0.05, 0) is 0 Å². The van der Waals surface area contributed by atoms with Gasteiger partial charge in [0, 0.05) is 0 Å². The fourth-order valence-electron chi connectivity index (χ4n) is 0.760. The zero-order valence-electron chi connectivity index (χ0n) is 5.98. The topological polar surface area (TPSA) is 108 Å². The highest BCUT2D eigenvalue weighted by atomic mass is 16.9. The monoisotopic (exact) mass is 177 g/mol. The number of rotatable bonds is 2. The third-order valence-corrected chi connectivity index (χ3v) is 1.19. The van der Waals surface area contributed by atoms with Crippen LogP contribution in [0.1, 0.15) is 0 Å². The van der Waals surface area contributed by atoms with E-state index in [0.29, 0.717) is 0 Å². The summed E-state index contributed by atoms with van der Waals surface area (Å²) in [6, 6.07) is 0. The van der Waals surface area contributed by atoms with Gasteiger partial charge in [-0.3, -0.25) is 4.79 Å². The number of nitrogens with two attached hydrogens (primary N) is 1. The standard InChI is InChI=1S/C5H7NO6/c6-3(7)5(12-4(8)9)10-1-2-11-5/h1-2H2,(H2,6,7)(H,8,9). The van der Waals surface area contributed by atoms with Gasteiger partial charge in [0.15, 0.2) is 0 Å². The molecule has 1 rings (SSSR count). The minimum Gasteiger partial charge on any atom is -0.450 e. The smallest absolute Gasteiger partial charge is 0.450 e. The van der Waals surface area contributed by atoms with E-state index in [1.54, 1.807) is 0 Å². The Morgan fingerprint density at radius 1 is 1.42 bits per heavy atom. The molecule has 0 bridgehead atoms. The molecule has 0 aliphatic carbocycles. The van der Waals surface area contributed by atoms with E-state index in [1.165, 1.54) is 0 Å². The van der Waals surface area contributed by atoms with Crippen LogP contribution < -0.4 is 5.73 Å². The van der Waals surface area contributed by atoms with Gasteiger partial charge in [0.1, 0.15) is 0 Å². The number of amides is 1. The molecule has 1 saturated heterocycles. The normalized spacial score (nSPS) is 20.3. The van der Waals surface area contributed by atoms with Crippen molar-refractivity contribution in [1.82, 2.24) is 0 Å². The molecule has 0 aromatic rings. The van der Waals surface area contributed by atoms with E-state index in [9.17, 15) is 9.59 Å². The first-order chi connectivity index (χ1) is 5.57. The van der Waals surface area contributed by atoms with E-state index >= 15 is 0 Å². The van der Waals surface area contributed by atoms with Crippen molar-refractivity contribution in [1.29, 1.82) is 0 Å². The lowest BCUT2D eigenvalue weighted by atomic mass is 10.5. The molecule has 1 fully saturated rings. The second-order valence-electron chi connectivity index (χ2n) is 1.99. The fraction of sp³-hybridized carbons (Fsp3) is 0.600. The molecular weight excluding hydrogens is 170 g/mol. The van der Waals surface area contributed by atoms with Crippen molar-refractivity contribution < 1.29 is 28.9 Å². The van der Waals surface area contributed by atoms with Gasteiger partial charge in [0.25, 0.3) is 0 Å². The molecule has 7 heteroatoms. The van der Waals surface area contributed by atoms with Gasteiger partial charge in [-0.25, -0.2) is 4.79 Å². The first kappa shape index (κ1) is 8.75. The largest absolute Gasteiger partial charge is 0.510 e. The quantitative estimate of drug-likeness (QED) is 0.516. The van der Waals surface area contributed by atoms with Crippen molar-refractivity contribution in [2.24, 2.45) is 5.73 Å². The Morgan fingerprint density at radius 3 is 2.25 bits per heavy atom. The fourth-order valence-corrected chi connectivity index (χ4v) is 0.760. The maximum absolute atomic E-state index is 10.6. The molecule has 0 atom stereocenters. The predicted molar refractivity (Wildman–Crippen MR) is 32.9 cm³/mol. The molecule has 1 aliphatic heterocycles. The molecule has 3 N–H and O–H groups in total. The number of ether oxygens (including phenoxy) is 3. The lowest BCUT2D eigenvalue weighted by Crippen LogP contribution is -2.48. The van der Waals surface area contributed by atoms with E-state index in [2.05, 4.69) is 14.2 Å². The zero-order chi connectivity index (χ0) is 9.19. The zero-order valence-corrected chi connectivity index (χ0v) is 5.98. The van der Waals surface area contributed by atoms with E-state index in [-0.39, 0.29) is 13.2 Å². The van der Waals surface area contributed by atoms with Crippen LogP contribution in [-0.2, 0) is 19.0 Å². The average molecular weight is 177 g/mol. The molecule has 7 nitrogen and oxygen atoms in total. The summed E-state index contributed by atoms with van der Waals surface area (Å²) < 4.78 is 13.3. The van der Waals surface area contributed by atoms with Crippen molar-refractivity contribution >= 4 is 12.1 Å². The average Bonchev–Trinajstić information content (AvgIpc) is 2.35. The molecule has 0 saturated carbocycles. The lowest BCUT2D eigenvalue weighted by molar-refractivity contribution is -0.283. The van der Waals surface area contributed by atoms with Gasteiger partial charge in [-0.15, -0.1) is 0 Å². The number of hydrogen-bond acceptors (Lipinski definition) is 5. The number of carboxylic acid groups (broad SMARTS) is 1. The third-order valence-electron chi connectivity index (χ3n) is 1.19. The Hall–Kier alpha value is -1.34. The van der Waals surface area contributed by atoms with Gasteiger partial charge < -0.3 is 25.1 Å². The van der Waals surface area contributed by atoms with Crippen LogP contribution in [0, 0.1) is 0 Å². The van der Waals surface area contributed by atoms with Crippen LogP contribution in [0.5, 0.6) is 0 Å². The number of carbonyl (C=O) groups is 2. The Morgan fingerprint density at radius 2 is 1.92 bits per heavy atom. The van der Waals surface area contributed by atoms with Gasteiger partial charge in [-0.1, -0.05) is 0 Å². The molecule has 68 valence electrons. The Bertz CT molecular complexity index is 208.